The highest BCUT2D eigenvalue weighted by Crippen LogP contribution is 1.85. The van der Waals surface area contributed by atoms with Crippen molar-refractivity contribution in [3.05, 3.63) is 0 Å². The fourth-order valence-electron chi connectivity index (χ4n) is 0.397. The Labute approximate surface area is 164 Å². The predicted molar refractivity (Wildman–Crippen MR) is 101 cm³/mol. The van der Waals surface area contributed by atoms with Gasteiger partial charge in [-0.3, -0.25) is 17.3 Å². The van der Waals surface area contributed by atoms with Crippen molar-refractivity contribution in [1.29, 1.82) is 0 Å². The van der Waals surface area contributed by atoms with E-state index in [9.17, 15) is 26.2 Å². The van der Waals surface area contributed by atoms with Crippen molar-refractivity contribution in [2.75, 3.05) is 55.6 Å². The van der Waals surface area contributed by atoms with Crippen molar-refractivity contribution in [2.24, 2.45) is 0 Å². The third-order valence-corrected chi connectivity index (χ3v) is 3.30. The van der Waals surface area contributed by atoms with Crippen LogP contribution in [-0.2, 0) is 42.9 Å². The minimum Gasteiger partial charge on any atom is -0.726 e. The average molecular weight is 443 g/mol. The number of carbonyl (C=O) groups excluding carboxylic acids is 1. The lowest BCUT2D eigenvalue weighted by molar-refractivity contribution is -0.496. The molecule has 168 valence electrons. The molecule has 0 aliphatic carbocycles. The van der Waals surface area contributed by atoms with E-state index in [-0.39, 0.29) is 7.43 Å². The van der Waals surface area contributed by atoms with Crippen molar-refractivity contribution in [1.82, 2.24) is 4.90 Å². The van der Waals surface area contributed by atoms with E-state index >= 15 is 0 Å². The highest BCUT2D eigenvalue weighted by atomic mass is 32.3. The van der Waals surface area contributed by atoms with Gasteiger partial charge < -0.3 is 14.2 Å². The maximum atomic E-state index is 9.92. The molecule has 14 heteroatoms. The minimum atomic E-state index is -4.41. The van der Waals surface area contributed by atoms with Crippen LogP contribution in [0.1, 0.15) is 21.3 Å². The maximum absolute atomic E-state index is 9.92. The van der Waals surface area contributed by atoms with Gasteiger partial charge in [-0.1, -0.05) is 7.43 Å². The Balaban J connectivity index is -0.0000000789. The Kier molecular flexibility index (Phi) is 30.8. The molecule has 0 aromatic rings. The van der Waals surface area contributed by atoms with Crippen molar-refractivity contribution < 1.29 is 48.0 Å². The summed E-state index contributed by atoms with van der Waals surface area (Å²) in [6, 6.07) is 0. The monoisotopic (exact) mass is 442 g/mol. The molecule has 0 saturated heterocycles. The zero-order chi connectivity index (χ0) is 21.8. The number of carbonyl (C=O) groups is 1. The molecule has 0 unspecified atom stereocenters. The van der Waals surface area contributed by atoms with E-state index in [0.29, 0.717) is 0 Å². The molecule has 0 atom stereocenters. The highest BCUT2D eigenvalue weighted by molar-refractivity contribution is 7.81. The van der Waals surface area contributed by atoms with E-state index in [0.717, 1.165) is 40.8 Å². The zero-order valence-corrected chi connectivity index (χ0v) is 18.0. The molecule has 0 saturated carbocycles. The van der Waals surface area contributed by atoms with Gasteiger partial charge in [0.25, 0.3) is 0 Å². The molecule has 12 nitrogen and oxygen atoms in total. The van der Waals surface area contributed by atoms with Crippen LogP contribution in [0, 0.1) is 0 Å². The first-order chi connectivity index (χ1) is 11.8. The average Bonchev–Trinajstić information content (AvgIpc) is 2.62. The van der Waals surface area contributed by atoms with Crippen LogP contribution in [0.4, 0.5) is 0 Å². The number of methoxy groups -OCH3 is 1. The molecule has 0 radical (unpaired) electrons. The third kappa shape index (κ3) is 45.6. The first-order valence-electron chi connectivity index (χ1n) is 6.90. The lowest BCUT2D eigenvalue weighted by Crippen LogP contribution is -2.13. The number of ether oxygens (including phenoxy) is 1. The van der Waals surface area contributed by atoms with Crippen LogP contribution in [-0.4, -0.2) is 99.3 Å². The van der Waals surface area contributed by atoms with E-state index in [4.69, 9.17) is 4.74 Å². The molecule has 0 spiro atoms. The van der Waals surface area contributed by atoms with Crippen LogP contribution in [0.3, 0.4) is 0 Å². The van der Waals surface area contributed by atoms with Gasteiger partial charge in [-0.25, -0.2) is 13.0 Å². The van der Waals surface area contributed by atoms with Gasteiger partial charge in [0.2, 0.25) is 16.8 Å². The quantitative estimate of drug-likeness (QED) is 0.128. The van der Waals surface area contributed by atoms with Crippen molar-refractivity contribution in [3.63, 3.8) is 0 Å². The zero-order valence-electron chi connectivity index (χ0n) is 16.4. The molecule has 0 aromatic heterocycles. The van der Waals surface area contributed by atoms with Gasteiger partial charge in [0, 0.05) is 13.6 Å². The summed E-state index contributed by atoms with van der Waals surface area (Å²) in [6.07, 6.45) is 2.49. The van der Waals surface area contributed by atoms with Gasteiger partial charge in [0.15, 0.2) is 0 Å². The van der Waals surface area contributed by atoms with Crippen LogP contribution < -0.4 is 0 Å². The molecular formula is C13H34N2O10S2. The molecular weight excluding hydrogens is 408 g/mol. The Morgan fingerprint density at radius 2 is 1.37 bits per heavy atom. The van der Waals surface area contributed by atoms with Crippen molar-refractivity contribution in [3.8, 4) is 0 Å². The second-order valence-corrected chi connectivity index (χ2v) is 6.54. The molecule has 0 bridgehead atoms. The van der Waals surface area contributed by atoms with Gasteiger partial charge in [-0.15, -0.1) is 0 Å². The summed E-state index contributed by atoms with van der Waals surface area (Å²) in [5.74, 6) is 0. The lowest BCUT2D eigenvalue weighted by atomic mass is 10.7. The molecule has 27 heavy (non-hydrogen) atoms. The first-order valence-corrected chi connectivity index (χ1v) is 9.56. The number of amides is 1. The van der Waals surface area contributed by atoms with E-state index in [1.807, 2.05) is 18.5 Å². The van der Waals surface area contributed by atoms with Crippen molar-refractivity contribution in [2.45, 2.75) is 21.3 Å². The van der Waals surface area contributed by atoms with E-state index in [1.54, 1.807) is 25.5 Å². The summed E-state index contributed by atoms with van der Waals surface area (Å²) in [4.78, 5) is 11.2. The molecule has 0 aliphatic heterocycles. The van der Waals surface area contributed by atoms with Crippen LogP contribution in [0.15, 0.2) is 0 Å². The van der Waals surface area contributed by atoms with E-state index < -0.39 is 20.8 Å². The highest BCUT2D eigenvalue weighted by Gasteiger charge is 2.01. The summed E-state index contributed by atoms with van der Waals surface area (Å²) >= 11 is 0. The Bertz CT molecular complexity index is 537. The number of rotatable bonds is 7. The molecule has 0 aliphatic rings. The van der Waals surface area contributed by atoms with Gasteiger partial charge in [0.05, 0.1) is 28.4 Å². The van der Waals surface area contributed by atoms with Crippen LogP contribution in [0.25, 0.3) is 0 Å². The maximum Gasteiger partial charge on any atom is 0.399 e. The first kappa shape index (κ1) is 36.6. The van der Waals surface area contributed by atoms with E-state index in [1.165, 1.54) is 0 Å². The Hall–Kier alpha value is -1.32. The summed E-state index contributed by atoms with van der Waals surface area (Å²) < 4.78 is 65.2. The summed E-state index contributed by atoms with van der Waals surface area (Å²) in [6.45, 7) is 5.78. The summed E-state index contributed by atoms with van der Waals surface area (Å²) in [5.41, 5.74) is 0. The second-order valence-electron chi connectivity index (χ2n) is 3.91. The smallest absolute Gasteiger partial charge is 0.399 e. The number of hydrogen-bond donors (Lipinski definition) is 0. The second kappa shape index (κ2) is 22.7. The normalized spacial score (nSPS) is 10.3. The number of hydrogen-bond acceptors (Lipinski definition) is 10. The standard InChI is InChI=1S/C5H12NO.C4H9NO.C2H6O4S.CH4O4S.CH4/c1-4-6(2)5-7-3;1-3-5(2)4-6;1-5-7(3,4)6-2;1-5-6(2,3)4;/h5H,4H2,1-3H3;4H,3H2,1-2H3;1-2H3;1H3,(H,2,3,4);1H4/q+1;;;;/p-1. The van der Waals surface area contributed by atoms with Gasteiger partial charge in [0.1, 0.15) is 13.6 Å². The predicted octanol–water partition coefficient (Wildman–Crippen LogP) is -0.329. The Morgan fingerprint density at radius 1 is 1.00 bits per heavy atom. The molecule has 0 aromatic carbocycles. The fraction of sp³-hybridized carbons (Fsp3) is 0.846. The molecule has 0 heterocycles. The SMILES string of the molecule is C.CCN(C)C=O.CC[N+](C)=COC.COS(=O)(=O)OC.COS(=O)(=O)[O-]. The topological polar surface area (TPSA) is 152 Å². The van der Waals surface area contributed by atoms with Gasteiger partial charge in [-0.05, 0) is 13.8 Å². The molecule has 0 rings (SSSR count). The Morgan fingerprint density at radius 3 is 1.41 bits per heavy atom. The lowest BCUT2D eigenvalue weighted by Gasteiger charge is -2.01. The molecule has 0 N–H and O–H groups in total. The molecule has 1 amide bonds. The largest absolute Gasteiger partial charge is 0.726 e. The van der Waals surface area contributed by atoms with E-state index in [2.05, 4.69) is 19.5 Å². The van der Waals surface area contributed by atoms with Crippen LogP contribution in [0.2, 0.25) is 0 Å². The third-order valence-electron chi connectivity index (χ3n) is 2.08. The fourth-order valence-corrected chi connectivity index (χ4v) is 0.533. The van der Waals surface area contributed by atoms with Crippen LogP contribution >= 0.6 is 0 Å². The summed E-state index contributed by atoms with van der Waals surface area (Å²) in [7, 11) is 0.142. The van der Waals surface area contributed by atoms with Crippen molar-refractivity contribution >= 4 is 33.6 Å². The van der Waals surface area contributed by atoms with Gasteiger partial charge >= 0.3 is 16.8 Å². The summed E-state index contributed by atoms with van der Waals surface area (Å²) in [5, 5.41) is 0. The number of nitrogens with zero attached hydrogens (tertiary/aromatic N) is 2. The minimum absolute atomic E-state index is 0. The molecule has 0 fully saturated rings. The van der Waals surface area contributed by atoms with Gasteiger partial charge in [-0.2, -0.15) is 8.42 Å². The van der Waals surface area contributed by atoms with Crippen LogP contribution in [0.5, 0.6) is 0 Å².